The molecule has 1 saturated heterocycles. The molecular weight excluding hydrogens is 243 g/mol. The summed E-state index contributed by atoms with van der Waals surface area (Å²) in [6.45, 7) is 2.95. The van der Waals surface area contributed by atoms with Crippen LogP contribution >= 0.6 is 0 Å². The second kappa shape index (κ2) is 6.14. The Kier molecular flexibility index (Phi) is 4.52. The minimum Gasteiger partial charge on any atom is -0.395 e. The Balaban J connectivity index is 2.17. The smallest absolute Gasteiger partial charge is 0.140 e. The highest BCUT2D eigenvalue weighted by molar-refractivity contribution is 5.34. The fourth-order valence-corrected chi connectivity index (χ4v) is 2.79. The van der Waals surface area contributed by atoms with Crippen molar-refractivity contribution in [3.05, 3.63) is 35.1 Å². The van der Waals surface area contributed by atoms with Crippen molar-refractivity contribution >= 4 is 0 Å². The van der Waals surface area contributed by atoms with Gasteiger partial charge in [0.1, 0.15) is 11.9 Å². The number of aliphatic hydroxyl groups excluding tert-OH is 1. The average Bonchev–Trinajstić information content (AvgIpc) is 2.43. The van der Waals surface area contributed by atoms with E-state index >= 15 is 0 Å². The van der Waals surface area contributed by atoms with Crippen molar-refractivity contribution in [3.8, 4) is 6.07 Å². The van der Waals surface area contributed by atoms with E-state index in [2.05, 4.69) is 11.8 Å². The number of likely N-dealkylation sites (tertiary alicyclic amines) is 1. The molecule has 102 valence electrons. The van der Waals surface area contributed by atoms with Gasteiger partial charge in [0.15, 0.2) is 0 Å². The topological polar surface area (TPSA) is 47.3 Å². The van der Waals surface area contributed by atoms with Crippen LogP contribution in [0.15, 0.2) is 18.2 Å². The summed E-state index contributed by atoms with van der Waals surface area (Å²) in [5.74, 6) is -0.475. The van der Waals surface area contributed by atoms with E-state index in [0.717, 1.165) is 24.8 Å². The van der Waals surface area contributed by atoms with E-state index in [4.69, 9.17) is 5.26 Å². The van der Waals surface area contributed by atoms with Crippen LogP contribution in [0.2, 0.25) is 0 Å². The molecule has 2 atom stereocenters. The highest BCUT2D eigenvalue weighted by Gasteiger charge is 2.27. The zero-order valence-corrected chi connectivity index (χ0v) is 11.1. The standard InChI is InChI=1S/C15H19FN2O/c1-11-3-2-4-14(10-19)18(11)9-12-5-6-15(16)13(7-12)8-17/h5-7,11,14,19H,2-4,9-10H2,1H3/t11-,14+/m1/s1. The van der Waals surface area contributed by atoms with Crippen LogP contribution in [-0.2, 0) is 6.54 Å². The maximum atomic E-state index is 13.3. The molecule has 2 rings (SSSR count). The largest absolute Gasteiger partial charge is 0.395 e. The molecule has 1 aliphatic rings. The van der Waals surface area contributed by atoms with Crippen molar-refractivity contribution in [3.63, 3.8) is 0 Å². The molecule has 0 spiro atoms. The lowest BCUT2D eigenvalue weighted by Gasteiger charge is -2.40. The van der Waals surface area contributed by atoms with Gasteiger partial charge in [-0.1, -0.05) is 12.5 Å². The van der Waals surface area contributed by atoms with Crippen LogP contribution < -0.4 is 0 Å². The zero-order chi connectivity index (χ0) is 13.8. The Morgan fingerprint density at radius 1 is 1.47 bits per heavy atom. The quantitative estimate of drug-likeness (QED) is 0.910. The number of benzene rings is 1. The zero-order valence-electron chi connectivity index (χ0n) is 11.1. The van der Waals surface area contributed by atoms with Crippen molar-refractivity contribution in [1.82, 2.24) is 4.90 Å². The first kappa shape index (κ1) is 14.0. The molecule has 0 bridgehead atoms. The average molecular weight is 262 g/mol. The Bertz CT molecular complexity index is 484. The third-order valence-electron chi connectivity index (χ3n) is 3.92. The summed E-state index contributed by atoms with van der Waals surface area (Å²) in [7, 11) is 0. The Labute approximate surface area is 113 Å². The van der Waals surface area contributed by atoms with Gasteiger partial charge in [0, 0.05) is 18.6 Å². The first-order chi connectivity index (χ1) is 9.15. The summed E-state index contributed by atoms with van der Waals surface area (Å²) in [6.07, 6.45) is 3.24. The van der Waals surface area contributed by atoms with Crippen LogP contribution in [0.5, 0.6) is 0 Å². The molecule has 0 unspecified atom stereocenters. The van der Waals surface area contributed by atoms with Crippen molar-refractivity contribution in [1.29, 1.82) is 5.26 Å². The van der Waals surface area contributed by atoms with Gasteiger partial charge >= 0.3 is 0 Å². The lowest BCUT2D eigenvalue weighted by molar-refractivity contribution is 0.0451. The molecule has 0 aromatic heterocycles. The fraction of sp³-hybridized carbons (Fsp3) is 0.533. The molecule has 19 heavy (non-hydrogen) atoms. The summed E-state index contributed by atoms with van der Waals surface area (Å²) in [4.78, 5) is 2.25. The van der Waals surface area contributed by atoms with Gasteiger partial charge in [-0.15, -0.1) is 0 Å². The summed E-state index contributed by atoms with van der Waals surface area (Å²) in [5, 5.41) is 18.3. The Morgan fingerprint density at radius 2 is 2.26 bits per heavy atom. The summed E-state index contributed by atoms with van der Waals surface area (Å²) in [5.41, 5.74) is 1.01. The van der Waals surface area contributed by atoms with Crippen molar-refractivity contribution in [2.24, 2.45) is 0 Å². The van der Waals surface area contributed by atoms with Gasteiger partial charge in [0.2, 0.25) is 0 Å². The number of nitriles is 1. The number of hydrogen-bond donors (Lipinski definition) is 1. The maximum Gasteiger partial charge on any atom is 0.140 e. The molecule has 4 heteroatoms. The van der Waals surface area contributed by atoms with E-state index in [1.54, 1.807) is 12.1 Å². The number of nitrogens with zero attached hydrogens (tertiary/aromatic N) is 2. The van der Waals surface area contributed by atoms with Crippen LogP contribution in [0.25, 0.3) is 0 Å². The summed E-state index contributed by atoms with van der Waals surface area (Å²) in [6, 6.07) is 7.10. The van der Waals surface area contributed by atoms with E-state index in [1.807, 2.05) is 6.07 Å². The molecule has 0 amide bonds. The van der Waals surface area contributed by atoms with Gasteiger partial charge in [-0.2, -0.15) is 5.26 Å². The van der Waals surface area contributed by atoms with E-state index in [9.17, 15) is 9.50 Å². The fourth-order valence-electron chi connectivity index (χ4n) is 2.79. The predicted molar refractivity (Wildman–Crippen MR) is 70.8 cm³/mol. The third kappa shape index (κ3) is 3.12. The van der Waals surface area contributed by atoms with Gasteiger partial charge in [-0.05, 0) is 37.5 Å². The van der Waals surface area contributed by atoms with Crippen LogP contribution in [0.4, 0.5) is 4.39 Å². The predicted octanol–water partition coefficient (Wildman–Crippen LogP) is 2.43. The first-order valence-electron chi connectivity index (χ1n) is 6.71. The van der Waals surface area contributed by atoms with E-state index in [0.29, 0.717) is 12.6 Å². The Hall–Kier alpha value is -1.44. The number of rotatable bonds is 3. The van der Waals surface area contributed by atoms with Crippen LogP contribution in [0.1, 0.15) is 37.3 Å². The molecule has 1 aromatic rings. The molecule has 1 heterocycles. The second-order valence-corrected chi connectivity index (χ2v) is 5.21. The molecular formula is C15H19FN2O. The number of piperidine rings is 1. The van der Waals surface area contributed by atoms with Gasteiger partial charge in [0.05, 0.1) is 12.2 Å². The molecule has 1 aromatic carbocycles. The van der Waals surface area contributed by atoms with Crippen molar-refractivity contribution in [2.45, 2.75) is 44.8 Å². The lowest BCUT2D eigenvalue weighted by atomic mass is 9.96. The van der Waals surface area contributed by atoms with E-state index in [-0.39, 0.29) is 18.2 Å². The molecule has 1 aliphatic heterocycles. The number of aliphatic hydroxyl groups is 1. The minimum atomic E-state index is -0.475. The minimum absolute atomic E-state index is 0.0858. The third-order valence-corrected chi connectivity index (χ3v) is 3.92. The van der Waals surface area contributed by atoms with Crippen LogP contribution in [-0.4, -0.2) is 28.7 Å². The monoisotopic (exact) mass is 262 g/mol. The van der Waals surface area contributed by atoms with E-state index < -0.39 is 5.82 Å². The second-order valence-electron chi connectivity index (χ2n) is 5.21. The number of hydrogen-bond acceptors (Lipinski definition) is 3. The molecule has 0 saturated carbocycles. The van der Waals surface area contributed by atoms with Gasteiger partial charge in [-0.3, -0.25) is 4.90 Å². The lowest BCUT2D eigenvalue weighted by Crippen LogP contribution is -2.46. The highest BCUT2D eigenvalue weighted by atomic mass is 19.1. The SMILES string of the molecule is C[C@@H]1CCC[C@@H](CO)N1Cc1ccc(F)c(C#N)c1. The maximum absolute atomic E-state index is 13.3. The molecule has 1 fully saturated rings. The van der Waals surface area contributed by atoms with Gasteiger partial charge in [0.25, 0.3) is 0 Å². The summed E-state index contributed by atoms with van der Waals surface area (Å²) < 4.78 is 13.3. The molecule has 3 nitrogen and oxygen atoms in total. The molecule has 1 N–H and O–H groups in total. The number of halogens is 1. The molecule has 0 aliphatic carbocycles. The van der Waals surface area contributed by atoms with Gasteiger partial charge < -0.3 is 5.11 Å². The van der Waals surface area contributed by atoms with Gasteiger partial charge in [-0.25, -0.2) is 4.39 Å². The van der Waals surface area contributed by atoms with Crippen LogP contribution in [0, 0.1) is 17.1 Å². The highest BCUT2D eigenvalue weighted by Crippen LogP contribution is 2.25. The first-order valence-corrected chi connectivity index (χ1v) is 6.71. The van der Waals surface area contributed by atoms with E-state index in [1.165, 1.54) is 6.07 Å². The van der Waals surface area contributed by atoms with Crippen LogP contribution in [0.3, 0.4) is 0 Å². The Morgan fingerprint density at radius 3 is 2.95 bits per heavy atom. The normalized spacial score (nSPS) is 24.1. The van der Waals surface area contributed by atoms with Crippen molar-refractivity contribution in [2.75, 3.05) is 6.61 Å². The van der Waals surface area contributed by atoms with Crippen molar-refractivity contribution < 1.29 is 9.50 Å². The molecule has 0 radical (unpaired) electrons. The summed E-state index contributed by atoms with van der Waals surface area (Å²) >= 11 is 0.